The molecule has 0 saturated carbocycles. The van der Waals surface area contributed by atoms with Crippen LogP contribution >= 0.6 is 0 Å². The number of hydrogen-bond donors (Lipinski definition) is 2. The molecule has 0 aliphatic carbocycles. The van der Waals surface area contributed by atoms with E-state index in [1.54, 1.807) is 31.5 Å². The van der Waals surface area contributed by atoms with Crippen molar-refractivity contribution in [3.8, 4) is 22.8 Å². The van der Waals surface area contributed by atoms with Gasteiger partial charge < -0.3 is 20.3 Å². The molecule has 28 heavy (non-hydrogen) atoms. The number of rotatable bonds is 8. The van der Waals surface area contributed by atoms with Crippen molar-refractivity contribution in [2.45, 2.75) is 32.7 Å². The van der Waals surface area contributed by atoms with E-state index in [0.717, 1.165) is 11.3 Å². The Morgan fingerprint density at radius 3 is 2.64 bits per heavy atom. The number of nitrogens with two attached hydrogens (primary N) is 1. The molecule has 0 bridgehead atoms. The third-order valence-electron chi connectivity index (χ3n) is 4.16. The number of ether oxygens (including phenoxy) is 2. The van der Waals surface area contributed by atoms with Crippen LogP contribution in [0.15, 0.2) is 30.6 Å². The van der Waals surface area contributed by atoms with Crippen LogP contribution in [0.5, 0.6) is 11.5 Å². The number of pyridine rings is 2. The van der Waals surface area contributed by atoms with Gasteiger partial charge >= 0.3 is 6.09 Å². The van der Waals surface area contributed by atoms with Gasteiger partial charge in [-0.05, 0) is 31.4 Å². The van der Waals surface area contributed by atoms with Crippen molar-refractivity contribution < 1.29 is 19.4 Å². The summed E-state index contributed by atoms with van der Waals surface area (Å²) in [6, 6.07) is 5.14. The van der Waals surface area contributed by atoms with E-state index in [-0.39, 0.29) is 0 Å². The van der Waals surface area contributed by atoms with Gasteiger partial charge in [0.25, 0.3) is 0 Å². The predicted octanol–water partition coefficient (Wildman–Crippen LogP) is 3.41. The first-order valence-electron chi connectivity index (χ1n) is 9.02. The molecule has 2 rings (SSSR count). The number of hydrogen-bond acceptors (Lipinski definition) is 6. The van der Waals surface area contributed by atoms with Crippen molar-refractivity contribution in [3.05, 3.63) is 30.6 Å². The second-order valence-electron chi connectivity index (χ2n) is 7.51. The van der Waals surface area contributed by atoms with Crippen molar-refractivity contribution >= 4 is 11.9 Å². The first-order valence-corrected chi connectivity index (χ1v) is 9.02. The van der Waals surface area contributed by atoms with Crippen LogP contribution in [0.3, 0.4) is 0 Å². The SMILES string of the molecule is COc1cc(-c2ccnc(N(C)C(=O)O)c2)ncc1OC[C@@](C)(N)CC(C)C. The number of amides is 1. The Morgan fingerprint density at radius 1 is 1.32 bits per heavy atom. The Labute approximate surface area is 165 Å². The van der Waals surface area contributed by atoms with E-state index in [1.807, 2.05) is 6.92 Å². The van der Waals surface area contributed by atoms with Crippen LogP contribution in [0, 0.1) is 5.92 Å². The molecule has 0 aliphatic heterocycles. The lowest BCUT2D eigenvalue weighted by molar-refractivity contribution is 0.199. The molecule has 0 radical (unpaired) electrons. The molecule has 2 aromatic heterocycles. The summed E-state index contributed by atoms with van der Waals surface area (Å²) in [5.41, 5.74) is 7.17. The van der Waals surface area contributed by atoms with E-state index < -0.39 is 11.6 Å². The fourth-order valence-electron chi connectivity index (χ4n) is 2.94. The molecule has 2 heterocycles. The lowest BCUT2D eigenvalue weighted by atomic mass is 9.93. The van der Waals surface area contributed by atoms with Crippen LogP contribution in [0.4, 0.5) is 10.6 Å². The number of nitrogens with zero attached hydrogens (tertiary/aromatic N) is 3. The molecule has 0 spiro atoms. The highest BCUT2D eigenvalue weighted by molar-refractivity contribution is 5.85. The second kappa shape index (κ2) is 8.88. The molecular formula is C20H28N4O4. The molecular weight excluding hydrogens is 360 g/mol. The van der Waals surface area contributed by atoms with Crippen LogP contribution in [0.25, 0.3) is 11.3 Å². The van der Waals surface area contributed by atoms with Crippen LogP contribution in [0.2, 0.25) is 0 Å². The Bertz CT molecular complexity index is 824. The third kappa shape index (κ3) is 5.56. The number of aromatic nitrogens is 2. The van der Waals surface area contributed by atoms with Gasteiger partial charge in [-0.25, -0.2) is 9.78 Å². The zero-order chi connectivity index (χ0) is 20.9. The van der Waals surface area contributed by atoms with Crippen LogP contribution in [-0.2, 0) is 0 Å². The molecule has 0 aliphatic rings. The zero-order valence-corrected chi connectivity index (χ0v) is 17.0. The minimum atomic E-state index is -1.09. The van der Waals surface area contributed by atoms with E-state index >= 15 is 0 Å². The van der Waals surface area contributed by atoms with E-state index in [2.05, 4.69) is 23.8 Å². The lowest BCUT2D eigenvalue weighted by Crippen LogP contribution is -2.43. The molecule has 2 aromatic rings. The summed E-state index contributed by atoms with van der Waals surface area (Å²) in [6.07, 6.45) is 2.86. The van der Waals surface area contributed by atoms with Gasteiger partial charge in [-0.15, -0.1) is 0 Å². The standard InChI is InChI=1S/C20H28N4O4/c1-13(2)10-20(3,21)12-28-17-11-23-15(9-16(17)27-5)14-6-7-22-18(8-14)24(4)19(25)26/h6-9,11,13H,10,12,21H2,1-5H3,(H,25,26)/t20-/m0/s1. The van der Waals surface area contributed by atoms with E-state index in [1.165, 1.54) is 13.2 Å². The minimum Gasteiger partial charge on any atom is -0.493 e. The zero-order valence-electron chi connectivity index (χ0n) is 17.0. The number of carboxylic acid groups (broad SMARTS) is 1. The highest BCUT2D eigenvalue weighted by Gasteiger charge is 2.22. The van der Waals surface area contributed by atoms with Gasteiger partial charge in [-0.2, -0.15) is 0 Å². The maximum atomic E-state index is 11.1. The maximum Gasteiger partial charge on any atom is 0.412 e. The minimum absolute atomic E-state index is 0.304. The molecule has 0 unspecified atom stereocenters. The average molecular weight is 388 g/mol. The predicted molar refractivity (Wildman–Crippen MR) is 108 cm³/mol. The molecule has 0 fully saturated rings. The van der Waals surface area contributed by atoms with E-state index in [0.29, 0.717) is 41.1 Å². The van der Waals surface area contributed by atoms with Crippen molar-refractivity contribution in [1.29, 1.82) is 0 Å². The van der Waals surface area contributed by atoms with Crippen molar-refractivity contribution in [2.75, 3.05) is 25.7 Å². The maximum absolute atomic E-state index is 11.1. The molecule has 8 heteroatoms. The number of carbonyl (C=O) groups is 1. The third-order valence-corrected chi connectivity index (χ3v) is 4.16. The van der Waals surface area contributed by atoms with Crippen LogP contribution < -0.4 is 20.1 Å². The molecule has 8 nitrogen and oxygen atoms in total. The van der Waals surface area contributed by atoms with Gasteiger partial charge in [0.15, 0.2) is 11.5 Å². The summed E-state index contributed by atoms with van der Waals surface area (Å²) < 4.78 is 11.3. The van der Waals surface area contributed by atoms with Crippen LogP contribution in [-0.4, -0.2) is 47.5 Å². The number of methoxy groups -OCH3 is 1. The van der Waals surface area contributed by atoms with Gasteiger partial charge in [-0.3, -0.25) is 9.88 Å². The molecule has 0 saturated heterocycles. The Hall–Kier alpha value is -2.87. The highest BCUT2D eigenvalue weighted by Crippen LogP contribution is 2.32. The average Bonchev–Trinajstić information content (AvgIpc) is 2.64. The molecule has 152 valence electrons. The molecule has 1 amide bonds. The van der Waals surface area contributed by atoms with Gasteiger partial charge in [0.2, 0.25) is 0 Å². The van der Waals surface area contributed by atoms with Crippen molar-refractivity contribution in [3.63, 3.8) is 0 Å². The van der Waals surface area contributed by atoms with Gasteiger partial charge in [0, 0.05) is 30.4 Å². The Kier molecular flexibility index (Phi) is 6.80. The fourth-order valence-corrected chi connectivity index (χ4v) is 2.94. The largest absolute Gasteiger partial charge is 0.493 e. The van der Waals surface area contributed by atoms with Gasteiger partial charge in [0.1, 0.15) is 12.4 Å². The smallest absolute Gasteiger partial charge is 0.412 e. The Balaban J connectivity index is 2.24. The first kappa shape index (κ1) is 21.4. The highest BCUT2D eigenvalue weighted by atomic mass is 16.5. The first-order chi connectivity index (χ1) is 13.1. The molecule has 0 aromatic carbocycles. The van der Waals surface area contributed by atoms with Gasteiger partial charge in [0.05, 0.1) is 19.0 Å². The van der Waals surface area contributed by atoms with Crippen molar-refractivity contribution in [2.24, 2.45) is 11.7 Å². The Morgan fingerprint density at radius 2 is 2.04 bits per heavy atom. The lowest BCUT2D eigenvalue weighted by Gasteiger charge is -2.27. The van der Waals surface area contributed by atoms with Gasteiger partial charge in [-0.1, -0.05) is 13.8 Å². The summed E-state index contributed by atoms with van der Waals surface area (Å²) in [7, 11) is 2.98. The van der Waals surface area contributed by atoms with E-state index in [4.69, 9.17) is 20.3 Å². The van der Waals surface area contributed by atoms with Crippen LogP contribution in [0.1, 0.15) is 27.2 Å². The summed E-state index contributed by atoms with van der Waals surface area (Å²) in [6.45, 7) is 6.53. The topological polar surface area (TPSA) is 111 Å². The summed E-state index contributed by atoms with van der Waals surface area (Å²) in [5, 5.41) is 9.12. The quantitative estimate of drug-likeness (QED) is 0.713. The second-order valence-corrected chi connectivity index (χ2v) is 7.51. The molecule has 1 atom stereocenters. The summed E-state index contributed by atoms with van der Waals surface area (Å²) >= 11 is 0. The van der Waals surface area contributed by atoms with Crippen molar-refractivity contribution in [1.82, 2.24) is 9.97 Å². The molecule has 3 N–H and O–H groups in total. The number of anilines is 1. The normalized spacial score (nSPS) is 13.1. The summed E-state index contributed by atoms with van der Waals surface area (Å²) in [5.74, 6) is 1.79. The van der Waals surface area contributed by atoms with E-state index in [9.17, 15) is 4.79 Å². The summed E-state index contributed by atoms with van der Waals surface area (Å²) in [4.78, 5) is 20.7. The fraction of sp³-hybridized carbons (Fsp3) is 0.450. The monoisotopic (exact) mass is 388 g/mol.